The lowest BCUT2D eigenvalue weighted by Crippen LogP contribution is -2.41. The topological polar surface area (TPSA) is 39.6 Å². The van der Waals surface area contributed by atoms with Crippen LogP contribution in [0.3, 0.4) is 0 Å². The Labute approximate surface area is 126 Å². The summed E-state index contributed by atoms with van der Waals surface area (Å²) in [7, 11) is 4.33. The van der Waals surface area contributed by atoms with E-state index < -0.39 is 0 Å². The van der Waals surface area contributed by atoms with E-state index in [9.17, 15) is 5.11 Å². The van der Waals surface area contributed by atoms with Gasteiger partial charge in [0.1, 0.15) is 0 Å². The Morgan fingerprint density at radius 3 is 2.65 bits per heavy atom. The summed E-state index contributed by atoms with van der Waals surface area (Å²) in [6.45, 7) is 6.79. The van der Waals surface area contributed by atoms with Gasteiger partial charge in [-0.2, -0.15) is 0 Å². The zero-order valence-corrected chi connectivity index (χ0v) is 13.9. The van der Waals surface area contributed by atoms with Gasteiger partial charge in [0.15, 0.2) is 5.13 Å². The average molecular weight is 297 g/mol. The summed E-state index contributed by atoms with van der Waals surface area (Å²) in [5, 5.41) is 10.6. The largest absolute Gasteiger partial charge is 0.391 e. The van der Waals surface area contributed by atoms with Gasteiger partial charge < -0.3 is 14.9 Å². The fourth-order valence-electron chi connectivity index (χ4n) is 2.73. The number of thiazole rings is 1. The smallest absolute Gasteiger partial charge is 0.185 e. The van der Waals surface area contributed by atoms with Crippen molar-refractivity contribution in [3.8, 4) is 0 Å². The molecule has 1 aromatic rings. The van der Waals surface area contributed by atoms with Crippen molar-refractivity contribution in [3.63, 3.8) is 0 Å². The first-order valence-electron chi connectivity index (χ1n) is 7.58. The second-order valence-corrected chi connectivity index (χ2v) is 6.98. The third-order valence-corrected chi connectivity index (χ3v) is 5.62. The number of aliphatic hydroxyl groups excluding tert-OH is 1. The first-order chi connectivity index (χ1) is 9.56. The van der Waals surface area contributed by atoms with Gasteiger partial charge in [0.05, 0.1) is 17.2 Å². The highest BCUT2D eigenvalue weighted by Crippen LogP contribution is 2.33. The van der Waals surface area contributed by atoms with Gasteiger partial charge >= 0.3 is 0 Å². The molecule has 0 aromatic carbocycles. The number of likely N-dealkylation sites (tertiary alicyclic amines) is 1. The van der Waals surface area contributed by atoms with Crippen molar-refractivity contribution < 1.29 is 5.11 Å². The minimum atomic E-state index is 0.110. The molecule has 0 amide bonds. The Morgan fingerprint density at radius 2 is 2.10 bits per heavy atom. The number of aromatic nitrogens is 1. The predicted molar refractivity (Wildman–Crippen MR) is 85.7 cm³/mol. The summed E-state index contributed by atoms with van der Waals surface area (Å²) in [5.41, 5.74) is 1.09. The van der Waals surface area contributed by atoms with Gasteiger partial charge in [0, 0.05) is 13.1 Å². The van der Waals surface area contributed by atoms with E-state index in [-0.39, 0.29) is 6.61 Å². The van der Waals surface area contributed by atoms with Crippen molar-refractivity contribution in [2.45, 2.75) is 51.7 Å². The van der Waals surface area contributed by atoms with Crippen molar-refractivity contribution in [2.75, 3.05) is 32.1 Å². The third-order valence-electron chi connectivity index (χ3n) is 4.48. The summed E-state index contributed by atoms with van der Waals surface area (Å²) in [4.78, 5) is 10.6. The fourth-order valence-corrected chi connectivity index (χ4v) is 3.81. The van der Waals surface area contributed by atoms with Crippen molar-refractivity contribution in [3.05, 3.63) is 10.6 Å². The molecule has 2 heterocycles. The van der Waals surface area contributed by atoms with Gasteiger partial charge in [0.25, 0.3) is 0 Å². The van der Waals surface area contributed by atoms with Crippen LogP contribution >= 0.6 is 11.3 Å². The zero-order chi connectivity index (χ0) is 14.7. The van der Waals surface area contributed by atoms with Gasteiger partial charge in [-0.05, 0) is 45.3 Å². The van der Waals surface area contributed by atoms with Crippen LogP contribution in [0.1, 0.15) is 49.6 Å². The first-order valence-corrected chi connectivity index (χ1v) is 8.40. The standard InChI is InChI=1S/C15H27N3OS/c1-5-11(2)14-13(10-19)20-15(16-14)18(4)12-6-8-17(3)9-7-12/h11-12,19H,5-10H2,1-4H3. The Morgan fingerprint density at radius 1 is 1.45 bits per heavy atom. The number of nitrogens with zero attached hydrogens (tertiary/aromatic N) is 3. The number of rotatable bonds is 5. The van der Waals surface area contributed by atoms with Crippen LogP contribution in [-0.4, -0.2) is 48.2 Å². The lowest BCUT2D eigenvalue weighted by Gasteiger charge is -2.34. The summed E-state index contributed by atoms with van der Waals surface area (Å²) in [6, 6.07) is 0.577. The summed E-state index contributed by atoms with van der Waals surface area (Å²) in [5.74, 6) is 0.424. The monoisotopic (exact) mass is 297 g/mol. The summed E-state index contributed by atoms with van der Waals surface area (Å²) < 4.78 is 0. The molecule has 1 N–H and O–H groups in total. The normalized spacial score (nSPS) is 19.2. The van der Waals surface area contributed by atoms with Gasteiger partial charge in [-0.25, -0.2) is 4.98 Å². The van der Waals surface area contributed by atoms with Crippen LogP contribution in [0.25, 0.3) is 0 Å². The maximum absolute atomic E-state index is 9.55. The van der Waals surface area contributed by atoms with Crippen LogP contribution in [0, 0.1) is 0 Å². The lowest BCUT2D eigenvalue weighted by molar-refractivity contribution is 0.253. The van der Waals surface area contributed by atoms with E-state index in [4.69, 9.17) is 4.98 Å². The molecule has 1 aliphatic heterocycles. The molecule has 0 aliphatic carbocycles. The van der Waals surface area contributed by atoms with Crippen molar-refractivity contribution >= 4 is 16.5 Å². The Hall–Kier alpha value is -0.650. The van der Waals surface area contributed by atoms with Gasteiger partial charge in [-0.15, -0.1) is 0 Å². The number of anilines is 1. The Bertz CT molecular complexity index is 427. The molecule has 0 radical (unpaired) electrons. The highest BCUT2D eigenvalue weighted by molar-refractivity contribution is 7.15. The molecule has 1 saturated heterocycles. The van der Waals surface area contributed by atoms with E-state index in [0.717, 1.165) is 35.2 Å². The zero-order valence-electron chi connectivity index (χ0n) is 13.1. The van der Waals surface area contributed by atoms with Crippen molar-refractivity contribution in [1.82, 2.24) is 9.88 Å². The van der Waals surface area contributed by atoms with E-state index >= 15 is 0 Å². The third kappa shape index (κ3) is 3.32. The average Bonchev–Trinajstić information content (AvgIpc) is 2.90. The molecule has 0 saturated carbocycles. The summed E-state index contributed by atoms with van der Waals surface area (Å²) >= 11 is 1.66. The predicted octanol–water partition coefficient (Wildman–Crippen LogP) is 2.68. The number of piperidine rings is 1. The molecule has 2 rings (SSSR count). The number of aliphatic hydroxyl groups is 1. The van der Waals surface area contributed by atoms with Crippen LogP contribution in [-0.2, 0) is 6.61 Å². The maximum atomic E-state index is 9.55. The van der Waals surface area contributed by atoms with Gasteiger partial charge in [-0.1, -0.05) is 25.2 Å². The fraction of sp³-hybridized carbons (Fsp3) is 0.800. The quantitative estimate of drug-likeness (QED) is 0.907. The Kier molecular flexibility index (Phi) is 5.41. The van der Waals surface area contributed by atoms with E-state index in [1.54, 1.807) is 11.3 Å². The van der Waals surface area contributed by atoms with Crippen LogP contribution in [0.2, 0.25) is 0 Å². The number of hydrogen-bond donors (Lipinski definition) is 1. The molecule has 114 valence electrons. The second-order valence-electron chi connectivity index (χ2n) is 5.92. The molecule has 0 bridgehead atoms. The minimum Gasteiger partial charge on any atom is -0.391 e. The van der Waals surface area contributed by atoms with Crippen LogP contribution in [0.15, 0.2) is 0 Å². The number of hydrogen-bond acceptors (Lipinski definition) is 5. The van der Waals surface area contributed by atoms with E-state index in [1.165, 1.54) is 12.8 Å². The first kappa shape index (κ1) is 15.7. The molecule has 1 aliphatic rings. The molecular formula is C15H27N3OS. The van der Waals surface area contributed by atoms with E-state index in [1.807, 2.05) is 0 Å². The maximum Gasteiger partial charge on any atom is 0.185 e. The van der Waals surface area contributed by atoms with Crippen LogP contribution < -0.4 is 4.90 Å². The second kappa shape index (κ2) is 6.87. The highest BCUT2D eigenvalue weighted by atomic mass is 32.1. The van der Waals surface area contributed by atoms with Crippen LogP contribution in [0.4, 0.5) is 5.13 Å². The molecular weight excluding hydrogens is 270 g/mol. The molecule has 4 nitrogen and oxygen atoms in total. The van der Waals surface area contributed by atoms with Crippen LogP contribution in [0.5, 0.6) is 0 Å². The van der Waals surface area contributed by atoms with Crippen molar-refractivity contribution in [2.24, 2.45) is 0 Å². The van der Waals surface area contributed by atoms with Gasteiger partial charge in [-0.3, -0.25) is 0 Å². The van der Waals surface area contributed by atoms with E-state index in [2.05, 4.69) is 37.7 Å². The molecule has 1 aromatic heterocycles. The summed E-state index contributed by atoms with van der Waals surface area (Å²) in [6.07, 6.45) is 3.45. The highest BCUT2D eigenvalue weighted by Gasteiger charge is 2.24. The minimum absolute atomic E-state index is 0.110. The van der Waals surface area contributed by atoms with Crippen molar-refractivity contribution in [1.29, 1.82) is 0 Å². The Balaban J connectivity index is 2.13. The lowest BCUT2D eigenvalue weighted by atomic mass is 10.0. The molecule has 1 atom stereocenters. The molecule has 0 spiro atoms. The SMILES string of the molecule is CCC(C)c1nc(N(C)C2CCN(C)CC2)sc1CO. The molecule has 1 fully saturated rings. The molecule has 5 heteroatoms. The van der Waals surface area contributed by atoms with E-state index in [0.29, 0.717) is 12.0 Å². The molecule has 20 heavy (non-hydrogen) atoms. The van der Waals surface area contributed by atoms with Gasteiger partial charge in [0.2, 0.25) is 0 Å². The molecule has 1 unspecified atom stereocenters.